The zero-order valence-electron chi connectivity index (χ0n) is 2.62. The van der Waals surface area contributed by atoms with Gasteiger partial charge >= 0.3 is 32.1 Å². The van der Waals surface area contributed by atoms with Gasteiger partial charge in [-0.1, -0.05) is 0 Å². The molecule has 6 heteroatoms. The van der Waals surface area contributed by atoms with Gasteiger partial charge in [-0.15, -0.1) is 0 Å². The maximum atomic E-state index is 8.85. The van der Waals surface area contributed by atoms with Crippen molar-refractivity contribution in [2.45, 2.75) is 0 Å². The standard InChI is InChI=1S/H2O4Te.H2O/c1-5(2,3)4;/h(H2,1,2,3,4);1H2. The molecule has 4 N–H and O–H groups in total. The van der Waals surface area contributed by atoms with Crippen LogP contribution in [-0.4, -0.2) is 31.4 Å². The average Bonchev–Trinajstić information content (AvgIpc) is 0.722. The van der Waals surface area contributed by atoms with Crippen LogP contribution in [0.15, 0.2) is 0 Å². The Balaban J connectivity index is 0. The molecule has 0 saturated heterocycles. The van der Waals surface area contributed by atoms with E-state index in [1.165, 1.54) is 0 Å². The van der Waals surface area contributed by atoms with Gasteiger partial charge in [-0.2, -0.15) is 0 Å². The Morgan fingerprint density at radius 3 is 1.17 bits per heavy atom. The van der Waals surface area contributed by atoms with Crippen LogP contribution in [0.4, 0.5) is 0 Å². The van der Waals surface area contributed by atoms with E-state index in [2.05, 4.69) is 0 Å². The molecular weight excluding hydrogens is 208 g/mol. The number of rotatable bonds is 0. The SMILES string of the molecule is O.O=[Te](=O)(O)O. The second kappa shape index (κ2) is 2.44. The molecule has 0 aliphatic rings. The van der Waals surface area contributed by atoms with Gasteiger partial charge in [0.25, 0.3) is 0 Å². The molecule has 0 amide bonds. The van der Waals surface area contributed by atoms with E-state index in [1.54, 1.807) is 0 Å². The zero-order valence-corrected chi connectivity index (χ0v) is 4.95. The fourth-order valence-corrected chi connectivity index (χ4v) is 0. The molecular formula is H4O5Te. The number of hydrogen-bond donors (Lipinski definition) is 2. The molecule has 0 atom stereocenters. The predicted octanol–water partition coefficient (Wildman–Crippen LogP) is -2.56. The fourth-order valence-electron chi connectivity index (χ4n) is 0. The van der Waals surface area contributed by atoms with Crippen LogP contribution in [0.1, 0.15) is 0 Å². The Hall–Kier alpha value is 0.270. The molecule has 0 aromatic rings. The molecule has 0 fully saturated rings. The fraction of sp³-hybridized carbons (Fsp3) is 0. The molecule has 0 heterocycles. The van der Waals surface area contributed by atoms with Crippen molar-refractivity contribution in [1.29, 1.82) is 0 Å². The quantitative estimate of drug-likeness (QED) is 0.430. The van der Waals surface area contributed by atoms with E-state index in [-0.39, 0.29) is 5.48 Å². The molecule has 0 spiro atoms. The van der Waals surface area contributed by atoms with Gasteiger partial charge in [0.2, 0.25) is 0 Å². The summed E-state index contributed by atoms with van der Waals surface area (Å²) in [6.07, 6.45) is 0. The van der Waals surface area contributed by atoms with E-state index in [4.69, 9.17) is 13.2 Å². The Morgan fingerprint density at radius 2 is 1.17 bits per heavy atom. The van der Waals surface area contributed by atoms with Crippen LogP contribution in [0.2, 0.25) is 0 Å². The van der Waals surface area contributed by atoms with E-state index >= 15 is 0 Å². The van der Waals surface area contributed by atoms with Crippen molar-refractivity contribution in [3.8, 4) is 0 Å². The Kier molecular flexibility index (Phi) is 3.89. The normalized spacial score (nSPS) is 9.67. The average molecular weight is 212 g/mol. The van der Waals surface area contributed by atoms with Gasteiger partial charge in [-0.05, 0) is 0 Å². The van der Waals surface area contributed by atoms with Crippen molar-refractivity contribution < 1.29 is 18.6 Å². The van der Waals surface area contributed by atoms with Gasteiger partial charge in [-0.3, -0.25) is 0 Å². The first-order valence-corrected chi connectivity index (χ1v) is 4.69. The Bertz CT molecular complexity index is 87.1. The van der Waals surface area contributed by atoms with Crippen LogP contribution in [-0.2, 0) is 6.21 Å². The second-order valence-corrected chi connectivity index (χ2v) is 3.00. The van der Waals surface area contributed by atoms with Gasteiger partial charge < -0.3 is 5.48 Å². The minimum absolute atomic E-state index is 0. The van der Waals surface area contributed by atoms with Crippen molar-refractivity contribution in [2.75, 3.05) is 0 Å². The van der Waals surface area contributed by atoms with Gasteiger partial charge in [0.15, 0.2) is 0 Å². The topological polar surface area (TPSA) is 106 Å². The van der Waals surface area contributed by atoms with E-state index < -0.39 is 19.0 Å². The van der Waals surface area contributed by atoms with E-state index in [0.717, 1.165) is 0 Å². The molecule has 0 aromatic carbocycles. The molecule has 5 nitrogen and oxygen atoms in total. The predicted molar refractivity (Wildman–Crippen MR) is 15.2 cm³/mol. The Morgan fingerprint density at radius 1 is 1.17 bits per heavy atom. The summed E-state index contributed by atoms with van der Waals surface area (Å²) >= 11 is -5.52. The van der Waals surface area contributed by atoms with E-state index in [9.17, 15) is 0 Å². The van der Waals surface area contributed by atoms with Crippen molar-refractivity contribution in [3.05, 3.63) is 0 Å². The van der Waals surface area contributed by atoms with E-state index in [1.807, 2.05) is 0 Å². The Labute approximate surface area is 38.2 Å². The third-order valence-corrected chi connectivity index (χ3v) is 0. The first-order valence-electron chi connectivity index (χ1n) is 0.698. The molecule has 0 radical (unpaired) electrons. The molecule has 40 valence electrons. The summed E-state index contributed by atoms with van der Waals surface area (Å²) in [6, 6.07) is 0. The second-order valence-electron chi connectivity index (χ2n) is 0.448. The summed E-state index contributed by atoms with van der Waals surface area (Å²) in [5.74, 6) is 0. The first kappa shape index (κ1) is 9.55. The molecule has 0 saturated carbocycles. The van der Waals surface area contributed by atoms with Crippen molar-refractivity contribution >= 4 is 19.0 Å². The van der Waals surface area contributed by atoms with E-state index in [0.29, 0.717) is 0 Å². The van der Waals surface area contributed by atoms with Crippen LogP contribution in [0.5, 0.6) is 0 Å². The molecule has 0 aliphatic carbocycles. The van der Waals surface area contributed by atoms with Crippen LogP contribution in [0, 0.1) is 0 Å². The van der Waals surface area contributed by atoms with Crippen molar-refractivity contribution in [1.82, 2.24) is 0 Å². The monoisotopic (exact) mass is 214 g/mol. The molecule has 6 heavy (non-hydrogen) atoms. The van der Waals surface area contributed by atoms with Crippen LogP contribution in [0.3, 0.4) is 0 Å². The molecule has 0 aliphatic heterocycles. The summed E-state index contributed by atoms with van der Waals surface area (Å²) < 4.78 is 32.0. The molecule has 0 bridgehead atoms. The summed E-state index contributed by atoms with van der Waals surface area (Å²) in [6.45, 7) is 0. The summed E-state index contributed by atoms with van der Waals surface area (Å²) in [4.78, 5) is 0. The van der Waals surface area contributed by atoms with Gasteiger partial charge in [0.1, 0.15) is 0 Å². The zero-order chi connectivity index (χ0) is 4.50. The number of hydrogen-bond acceptors (Lipinski definition) is 2. The first-order chi connectivity index (χ1) is 2.00. The molecule has 0 rings (SSSR count). The third kappa shape index (κ3) is 628. The third-order valence-electron chi connectivity index (χ3n) is 0. The van der Waals surface area contributed by atoms with Crippen LogP contribution >= 0.6 is 0 Å². The summed E-state index contributed by atoms with van der Waals surface area (Å²) in [5, 5.41) is 0. The van der Waals surface area contributed by atoms with Gasteiger partial charge in [0, 0.05) is 0 Å². The minimum atomic E-state index is -5.52. The summed E-state index contributed by atoms with van der Waals surface area (Å²) in [5.41, 5.74) is 0. The van der Waals surface area contributed by atoms with Gasteiger partial charge in [0.05, 0.1) is 0 Å². The summed E-state index contributed by atoms with van der Waals surface area (Å²) in [7, 11) is 0. The van der Waals surface area contributed by atoms with Crippen molar-refractivity contribution in [2.24, 2.45) is 0 Å². The van der Waals surface area contributed by atoms with Gasteiger partial charge in [-0.25, -0.2) is 0 Å². The van der Waals surface area contributed by atoms with Crippen LogP contribution in [0.25, 0.3) is 0 Å². The maximum absolute atomic E-state index is 8.85. The molecule has 0 aromatic heterocycles. The van der Waals surface area contributed by atoms with Crippen molar-refractivity contribution in [3.63, 3.8) is 0 Å². The van der Waals surface area contributed by atoms with Crippen LogP contribution < -0.4 is 0 Å². The molecule has 0 unspecified atom stereocenters.